The van der Waals surface area contributed by atoms with E-state index in [0.29, 0.717) is 23.7 Å². The average Bonchev–Trinajstić information content (AvgIpc) is 2.79. The molecule has 0 saturated carbocycles. The van der Waals surface area contributed by atoms with Crippen molar-refractivity contribution in [2.45, 2.75) is 12.8 Å². The van der Waals surface area contributed by atoms with Crippen molar-refractivity contribution in [2.24, 2.45) is 0 Å². The average molecular weight is 340 g/mol. The molecule has 1 heterocycles. The SMILES string of the molecule is COc1ccc(CC(=O)N2CCC(=O)Nc3ccccc32)cc1OC. The van der Waals surface area contributed by atoms with E-state index < -0.39 is 0 Å². The Bertz CT molecular complexity index is 804. The molecule has 0 aromatic heterocycles. The van der Waals surface area contributed by atoms with Crippen LogP contribution in [0.5, 0.6) is 11.5 Å². The third-order valence-electron chi connectivity index (χ3n) is 4.14. The number of para-hydroxylation sites is 2. The van der Waals surface area contributed by atoms with Gasteiger partial charge in [0.05, 0.1) is 32.0 Å². The van der Waals surface area contributed by atoms with Crippen LogP contribution in [-0.2, 0) is 16.0 Å². The molecule has 130 valence electrons. The Morgan fingerprint density at radius 2 is 1.88 bits per heavy atom. The molecule has 0 bridgehead atoms. The van der Waals surface area contributed by atoms with Gasteiger partial charge in [-0.2, -0.15) is 0 Å². The standard InChI is InChI=1S/C19H20N2O4/c1-24-16-8-7-13(11-17(16)25-2)12-19(23)21-10-9-18(22)20-14-5-3-4-6-15(14)21/h3-8,11H,9-10,12H2,1-2H3,(H,20,22). The summed E-state index contributed by atoms with van der Waals surface area (Å²) in [5, 5.41) is 2.84. The van der Waals surface area contributed by atoms with Gasteiger partial charge in [-0.15, -0.1) is 0 Å². The lowest BCUT2D eigenvalue weighted by atomic mass is 10.1. The largest absolute Gasteiger partial charge is 0.493 e. The van der Waals surface area contributed by atoms with Gasteiger partial charge < -0.3 is 19.7 Å². The van der Waals surface area contributed by atoms with Gasteiger partial charge in [-0.05, 0) is 29.8 Å². The molecule has 1 aliphatic heterocycles. The van der Waals surface area contributed by atoms with Gasteiger partial charge in [0.2, 0.25) is 11.8 Å². The van der Waals surface area contributed by atoms with Crippen LogP contribution in [0.4, 0.5) is 11.4 Å². The predicted molar refractivity (Wildman–Crippen MR) is 95.3 cm³/mol. The van der Waals surface area contributed by atoms with Crippen LogP contribution in [0.1, 0.15) is 12.0 Å². The zero-order valence-electron chi connectivity index (χ0n) is 14.2. The van der Waals surface area contributed by atoms with Gasteiger partial charge in [0.25, 0.3) is 0 Å². The number of ether oxygens (including phenoxy) is 2. The first-order valence-electron chi connectivity index (χ1n) is 8.02. The Morgan fingerprint density at radius 1 is 1.12 bits per heavy atom. The number of nitrogens with zero attached hydrogens (tertiary/aromatic N) is 1. The Labute approximate surface area is 146 Å². The van der Waals surface area contributed by atoms with Gasteiger partial charge in [0, 0.05) is 13.0 Å². The molecule has 0 fully saturated rings. The highest BCUT2D eigenvalue weighted by Gasteiger charge is 2.24. The molecule has 0 atom stereocenters. The summed E-state index contributed by atoms with van der Waals surface area (Å²) in [6, 6.07) is 12.7. The summed E-state index contributed by atoms with van der Waals surface area (Å²) < 4.78 is 10.5. The van der Waals surface area contributed by atoms with Crippen molar-refractivity contribution in [2.75, 3.05) is 31.0 Å². The molecule has 2 aromatic carbocycles. The smallest absolute Gasteiger partial charge is 0.231 e. The van der Waals surface area contributed by atoms with Crippen molar-refractivity contribution >= 4 is 23.2 Å². The molecule has 6 heteroatoms. The molecule has 0 unspecified atom stereocenters. The van der Waals surface area contributed by atoms with Crippen LogP contribution in [0.3, 0.4) is 0 Å². The lowest BCUT2D eigenvalue weighted by Crippen LogP contribution is -2.33. The second kappa shape index (κ2) is 7.25. The van der Waals surface area contributed by atoms with Crippen LogP contribution in [-0.4, -0.2) is 32.6 Å². The summed E-state index contributed by atoms with van der Waals surface area (Å²) >= 11 is 0. The van der Waals surface area contributed by atoms with Gasteiger partial charge in [-0.3, -0.25) is 9.59 Å². The topological polar surface area (TPSA) is 67.9 Å². The lowest BCUT2D eigenvalue weighted by Gasteiger charge is -2.22. The van der Waals surface area contributed by atoms with Crippen molar-refractivity contribution < 1.29 is 19.1 Å². The molecular weight excluding hydrogens is 320 g/mol. The summed E-state index contributed by atoms with van der Waals surface area (Å²) in [6.45, 7) is 0.356. The van der Waals surface area contributed by atoms with Gasteiger partial charge >= 0.3 is 0 Å². The van der Waals surface area contributed by atoms with Crippen molar-refractivity contribution in [1.82, 2.24) is 0 Å². The number of hydrogen-bond donors (Lipinski definition) is 1. The van der Waals surface area contributed by atoms with E-state index in [2.05, 4.69) is 5.32 Å². The van der Waals surface area contributed by atoms with E-state index in [-0.39, 0.29) is 24.7 Å². The fourth-order valence-electron chi connectivity index (χ4n) is 2.88. The normalized spacial score (nSPS) is 13.5. The summed E-state index contributed by atoms with van der Waals surface area (Å²) in [6.07, 6.45) is 0.481. The Kier molecular flexibility index (Phi) is 4.88. The summed E-state index contributed by atoms with van der Waals surface area (Å²) in [5.41, 5.74) is 2.20. The van der Waals surface area contributed by atoms with E-state index in [9.17, 15) is 9.59 Å². The third-order valence-corrected chi connectivity index (χ3v) is 4.14. The van der Waals surface area contributed by atoms with E-state index in [4.69, 9.17) is 9.47 Å². The van der Waals surface area contributed by atoms with Crippen molar-refractivity contribution in [3.05, 3.63) is 48.0 Å². The van der Waals surface area contributed by atoms with Gasteiger partial charge in [-0.25, -0.2) is 0 Å². The van der Waals surface area contributed by atoms with Crippen LogP contribution in [0.25, 0.3) is 0 Å². The van der Waals surface area contributed by atoms with Gasteiger partial charge in [0.1, 0.15) is 0 Å². The number of carbonyl (C=O) groups excluding carboxylic acids is 2. The molecule has 1 N–H and O–H groups in total. The minimum atomic E-state index is -0.0890. The molecule has 2 amide bonds. The highest BCUT2D eigenvalue weighted by molar-refractivity contribution is 6.04. The van der Waals surface area contributed by atoms with Gasteiger partial charge in [0.15, 0.2) is 11.5 Å². The van der Waals surface area contributed by atoms with E-state index >= 15 is 0 Å². The third kappa shape index (κ3) is 3.57. The number of rotatable bonds is 4. The number of anilines is 2. The molecule has 0 radical (unpaired) electrons. The predicted octanol–water partition coefficient (Wildman–Crippen LogP) is 2.62. The van der Waals surface area contributed by atoms with E-state index in [1.165, 1.54) is 0 Å². The molecule has 0 spiro atoms. The van der Waals surface area contributed by atoms with E-state index in [1.807, 2.05) is 24.3 Å². The van der Waals surface area contributed by atoms with Crippen LogP contribution >= 0.6 is 0 Å². The number of benzene rings is 2. The quantitative estimate of drug-likeness (QED) is 0.929. The zero-order valence-corrected chi connectivity index (χ0v) is 14.2. The van der Waals surface area contributed by atoms with Crippen molar-refractivity contribution in [3.8, 4) is 11.5 Å². The minimum absolute atomic E-state index is 0.0730. The maximum Gasteiger partial charge on any atom is 0.231 e. The first kappa shape index (κ1) is 16.8. The monoisotopic (exact) mass is 340 g/mol. The van der Waals surface area contributed by atoms with Crippen LogP contribution < -0.4 is 19.7 Å². The molecule has 3 rings (SSSR count). The summed E-state index contributed by atoms with van der Waals surface area (Å²) in [7, 11) is 3.13. The number of nitrogens with one attached hydrogen (secondary N) is 1. The first-order chi connectivity index (χ1) is 12.1. The zero-order chi connectivity index (χ0) is 17.8. The molecule has 2 aromatic rings. The molecule has 0 aliphatic carbocycles. The fourth-order valence-corrected chi connectivity index (χ4v) is 2.88. The highest BCUT2D eigenvalue weighted by Crippen LogP contribution is 2.30. The maximum atomic E-state index is 12.9. The first-order valence-corrected chi connectivity index (χ1v) is 8.02. The van der Waals surface area contributed by atoms with Crippen LogP contribution in [0.15, 0.2) is 42.5 Å². The number of fused-ring (bicyclic) bond motifs is 1. The second-order valence-electron chi connectivity index (χ2n) is 5.73. The fraction of sp³-hybridized carbons (Fsp3) is 0.263. The Hall–Kier alpha value is -3.02. The van der Waals surface area contributed by atoms with Crippen LogP contribution in [0.2, 0.25) is 0 Å². The molecule has 1 aliphatic rings. The number of hydrogen-bond acceptors (Lipinski definition) is 4. The molecule has 6 nitrogen and oxygen atoms in total. The second-order valence-corrected chi connectivity index (χ2v) is 5.73. The van der Waals surface area contributed by atoms with Crippen molar-refractivity contribution in [3.63, 3.8) is 0 Å². The van der Waals surface area contributed by atoms with Crippen LogP contribution in [0, 0.1) is 0 Å². The lowest BCUT2D eigenvalue weighted by molar-refractivity contribution is -0.118. The molecule has 25 heavy (non-hydrogen) atoms. The number of amides is 2. The highest BCUT2D eigenvalue weighted by atomic mass is 16.5. The number of carbonyl (C=O) groups is 2. The Balaban J connectivity index is 1.85. The summed E-state index contributed by atoms with van der Waals surface area (Å²) in [4.78, 5) is 26.4. The molecular formula is C19H20N2O4. The van der Waals surface area contributed by atoms with E-state index in [1.54, 1.807) is 37.3 Å². The summed E-state index contributed by atoms with van der Waals surface area (Å²) in [5.74, 6) is 1.04. The number of methoxy groups -OCH3 is 2. The van der Waals surface area contributed by atoms with E-state index in [0.717, 1.165) is 11.3 Å². The Morgan fingerprint density at radius 3 is 2.64 bits per heavy atom. The maximum absolute atomic E-state index is 12.9. The minimum Gasteiger partial charge on any atom is -0.493 e. The molecule has 0 saturated heterocycles. The van der Waals surface area contributed by atoms with Crippen molar-refractivity contribution in [1.29, 1.82) is 0 Å². The van der Waals surface area contributed by atoms with Gasteiger partial charge in [-0.1, -0.05) is 18.2 Å².